The first-order valence-corrected chi connectivity index (χ1v) is 5.91. The summed E-state index contributed by atoms with van der Waals surface area (Å²) in [4.78, 5) is 11.7. The van der Waals surface area contributed by atoms with Gasteiger partial charge in [-0.05, 0) is 45.9 Å². The third-order valence-electron chi connectivity index (χ3n) is 1.97. The Balaban J connectivity index is 2.60. The fourth-order valence-electron chi connectivity index (χ4n) is 1.28. The molecule has 0 spiro atoms. The highest BCUT2D eigenvalue weighted by Gasteiger charge is 2.21. The molecule has 0 aliphatic rings. The van der Waals surface area contributed by atoms with Crippen LogP contribution in [0, 0.1) is 0 Å². The quantitative estimate of drug-likeness (QED) is 0.841. The zero-order chi connectivity index (χ0) is 13.1. The SMILES string of the molecule is CC(Nc1cccc(Cl)c1)C(=O)OC(C)(C)C. The molecule has 0 saturated heterocycles. The van der Waals surface area contributed by atoms with Crippen LogP contribution in [0.4, 0.5) is 5.69 Å². The van der Waals surface area contributed by atoms with Gasteiger partial charge in [-0.2, -0.15) is 0 Å². The van der Waals surface area contributed by atoms with Crippen molar-refractivity contribution in [2.24, 2.45) is 0 Å². The van der Waals surface area contributed by atoms with Crippen molar-refractivity contribution in [3.8, 4) is 0 Å². The van der Waals surface area contributed by atoms with Gasteiger partial charge in [-0.1, -0.05) is 17.7 Å². The first kappa shape index (κ1) is 13.8. The monoisotopic (exact) mass is 255 g/mol. The molecule has 1 atom stereocenters. The molecule has 4 heteroatoms. The van der Waals surface area contributed by atoms with Crippen LogP contribution in [0.15, 0.2) is 24.3 Å². The van der Waals surface area contributed by atoms with Crippen molar-refractivity contribution in [2.75, 3.05) is 5.32 Å². The van der Waals surface area contributed by atoms with E-state index in [0.29, 0.717) is 5.02 Å². The van der Waals surface area contributed by atoms with Crippen molar-refractivity contribution in [2.45, 2.75) is 39.3 Å². The van der Waals surface area contributed by atoms with Gasteiger partial charge in [0.25, 0.3) is 0 Å². The lowest BCUT2D eigenvalue weighted by molar-refractivity contribution is -0.155. The predicted octanol–water partition coefficient (Wildman–Crippen LogP) is 3.48. The average Bonchev–Trinajstić information content (AvgIpc) is 2.14. The lowest BCUT2D eigenvalue weighted by Gasteiger charge is -2.23. The average molecular weight is 256 g/mol. The number of hydrogen-bond acceptors (Lipinski definition) is 3. The van der Waals surface area contributed by atoms with E-state index in [0.717, 1.165) is 5.69 Å². The molecule has 0 saturated carbocycles. The Kier molecular flexibility index (Phi) is 4.40. The maximum atomic E-state index is 11.7. The minimum Gasteiger partial charge on any atom is -0.458 e. The van der Waals surface area contributed by atoms with Gasteiger partial charge in [0.2, 0.25) is 0 Å². The summed E-state index contributed by atoms with van der Waals surface area (Å²) in [6.45, 7) is 7.29. The summed E-state index contributed by atoms with van der Waals surface area (Å²) in [5.41, 5.74) is 0.331. The van der Waals surface area contributed by atoms with Crippen molar-refractivity contribution in [1.29, 1.82) is 0 Å². The second-order valence-electron chi connectivity index (χ2n) is 4.91. The first-order valence-electron chi connectivity index (χ1n) is 5.53. The molecule has 1 aromatic carbocycles. The lowest BCUT2D eigenvalue weighted by atomic mass is 10.2. The molecule has 17 heavy (non-hydrogen) atoms. The van der Waals surface area contributed by atoms with E-state index in [1.807, 2.05) is 32.9 Å². The number of carbonyl (C=O) groups excluding carboxylic acids is 1. The van der Waals surface area contributed by atoms with Crippen molar-refractivity contribution in [3.05, 3.63) is 29.3 Å². The van der Waals surface area contributed by atoms with Crippen LogP contribution in [0.1, 0.15) is 27.7 Å². The number of ether oxygens (including phenoxy) is 1. The fraction of sp³-hybridized carbons (Fsp3) is 0.462. The number of hydrogen-bond donors (Lipinski definition) is 1. The summed E-state index contributed by atoms with van der Waals surface area (Å²) in [5.74, 6) is -0.280. The van der Waals surface area contributed by atoms with Crippen LogP contribution in [-0.2, 0) is 9.53 Å². The molecular weight excluding hydrogens is 238 g/mol. The number of rotatable bonds is 3. The smallest absolute Gasteiger partial charge is 0.328 e. The highest BCUT2D eigenvalue weighted by atomic mass is 35.5. The Morgan fingerprint density at radius 3 is 2.59 bits per heavy atom. The Morgan fingerprint density at radius 1 is 1.41 bits per heavy atom. The van der Waals surface area contributed by atoms with E-state index in [1.165, 1.54) is 0 Å². The summed E-state index contributed by atoms with van der Waals surface area (Å²) in [6, 6.07) is 6.82. The van der Waals surface area contributed by atoms with Crippen molar-refractivity contribution in [1.82, 2.24) is 0 Å². The zero-order valence-electron chi connectivity index (χ0n) is 10.6. The standard InChI is InChI=1S/C13H18ClNO2/c1-9(12(16)17-13(2,3)4)15-11-7-5-6-10(14)8-11/h5-9,15H,1-4H3. The number of anilines is 1. The van der Waals surface area contributed by atoms with Gasteiger partial charge in [0.1, 0.15) is 11.6 Å². The Morgan fingerprint density at radius 2 is 2.06 bits per heavy atom. The van der Waals surface area contributed by atoms with Crippen molar-refractivity contribution in [3.63, 3.8) is 0 Å². The first-order chi connectivity index (χ1) is 7.78. The van der Waals surface area contributed by atoms with Crippen molar-refractivity contribution < 1.29 is 9.53 Å². The molecule has 0 radical (unpaired) electrons. The van der Waals surface area contributed by atoms with Crippen molar-refractivity contribution >= 4 is 23.3 Å². The number of nitrogens with one attached hydrogen (secondary N) is 1. The third kappa shape index (κ3) is 5.09. The van der Waals surface area contributed by atoms with E-state index in [9.17, 15) is 4.79 Å². The van der Waals surface area contributed by atoms with Crippen LogP contribution in [-0.4, -0.2) is 17.6 Å². The Labute approximate surface area is 107 Å². The summed E-state index contributed by atoms with van der Waals surface area (Å²) in [7, 11) is 0. The van der Waals surface area contributed by atoms with Gasteiger partial charge in [0.15, 0.2) is 0 Å². The van der Waals surface area contributed by atoms with Gasteiger partial charge in [0, 0.05) is 10.7 Å². The molecule has 94 valence electrons. The number of esters is 1. The normalized spacial score (nSPS) is 13.0. The van der Waals surface area contributed by atoms with Gasteiger partial charge < -0.3 is 10.1 Å². The number of carbonyl (C=O) groups is 1. The second-order valence-corrected chi connectivity index (χ2v) is 5.35. The van der Waals surface area contributed by atoms with Gasteiger partial charge in [-0.15, -0.1) is 0 Å². The van der Waals surface area contributed by atoms with E-state index in [1.54, 1.807) is 19.1 Å². The van der Waals surface area contributed by atoms with E-state index < -0.39 is 11.6 Å². The van der Waals surface area contributed by atoms with Crippen LogP contribution in [0.25, 0.3) is 0 Å². The van der Waals surface area contributed by atoms with Gasteiger partial charge >= 0.3 is 5.97 Å². The van der Waals surface area contributed by atoms with Crippen LogP contribution in [0.3, 0.4) is 0 Å². The third-order valence-corrected chi connectivity index (χ3v) is 2.20. The van der Waals surface area contributed by atoms with Gasteiger partial charge in [0.05, 0.1) is 0 Å². The summed E-state index contributed by atoms with van der Waals surface area (Å²) in [5, 5.41) is 3.68. The molecule has 0 aliphatic heterocycles. The fourth-order valence-corrected chi connectivity index (χ4v) is 1.47. The minimum atomic E-state index is -0.471. The molecular formula is C13H18ClNO2. The molecule has 0 amide bonds. The van der Waals surface area contributed by atoms with Crippen LogP contribution in [0.2, 0.25) is 5.02 Å². The van der Waals surface area contributed by atoms with E-state index in [2.05, 4.69) is 5.32 Å². The van der Waals surface area contributed by atoms with Crippen LogP contribution >= 0.6 is 11.6 Å². The molecule has 0 fully saturated rings. The number of halogens is 1. The summed E-state index contributed by atoms with van der Waals surface area (Å²) < 4.78 is 5.27. The van der Waals surface area contributed by atoms with E-state index in [-0.39, 0.29) is 5.97 Å². The molecule has 0 aromatic heterocycles. The Hall–Kier alpha value is -1.22. The molecule has 0 heterocycles. The van der Waals surface area contributed by atoms with E-state index >= 15 is 0 Å². The highest BCUT2D eigenvalue weighted by Crippen LogP contribution is 2.16. The predicted molar refractivity (Wildman–Crippen MR) is 70.4 cm³/mol. The molecule has 1 unspecified atom stereocenters. The molecule has 3 nitrogen and oxygen atoms in total. The minimum absolute atomic E-state index is 0.280. The van der Waals surface area contributed by atoms with Gasteiger partial charge in [-0.25, -0.2) is 4.79 Å². The van der Waals surface area contributed by atoms with E-state index in [4.69, 9.17) is 16.3 Å². The second kappa shape index (κ2) is 5.41. The van der Waals surface area contributed by atoms with Crippen LogP contribution < -0.4 is 5.32 Å². The zero-order valence-corrected chi connectivity index (χ0v) is 11.3. The number of benzene rings is 1. The molecule has 1 rings (SSSR count). The van der Waals surface area contributed by atoms with Crippen LogP contribution in [0.5, 0.6) is 0 Å². The maximum Gasteiger partial charge on any atom is 0.328 e. The maximum absolute atomic E-state index is 11.7. The highest BCUT2D eigenvalue weighted by molar-refractivity contribution is 6.30. The summed E-state index contributed by atoms with van der Waals surface area (Å²) in [6.07, 6.45) is 0. The molecule has 0 bridgehead atoms. The Bertz CT molecular complexity index is 399. The molecule has 1 aromatic rings. The largest absolute Gasteiger partial charge is 0.458 e. The topological polar surface area (TPSA) is 38.3 Å². The molecule has 1 N–H and O–H groups in total. The molecule has 0 aliphatic carbocycles. The lowest BCUT2D eigenvalue weighted by Crippen LogP contribution is -2.34. The summed E-state index contributed by atoms with van der Waals surface area (Å²) >= 11 is 5.86. The van der Waals surface area contributed by atoms with Gasteiger partial charge in [-0.3, -0.25) is 0 Å².